The molecule has 1 aromatic rings. The van der Waals surface area contributed by atoms with Gasteiger partial charge in [-0.25, -0.2) is 4.39 Å². The third-order valence-electron chi connectivity index (χ3n) is 2.76. The van der Waals surface area contributed by atoms with E-state index in [0.29, 0.717) is 23.4 Å². The minimum Gasteiger partial charge on any atom is -0.372 e. The van der Waals surface area contributed by atoms with Gasteiger partial charge in [0.25, 0.3) is 0 Å². The largest absolute Gasteiger partial charge is 0.411 e. The van der Waals surface area contributed by atoms with Gasteiger partial charge in [0.15, 0.2) is 0 Å². The van der Waals surface area contributed by atoms with Crippen LogP contribution in [0.2, 0.25) is 5.02 Å². The van der Waals surface area contributed by atoms with Gasteiger partial charge in [-0.3, -0.25) is 0 Å². The first-order valence-electron chi connectivity index (χ1n) is 6.07. The van der Waals surface area contributed by atoms with Crippen LogP contribution in [-0.4, -0.2) is 32.5 Å². The second kappa shape index (κ2) is 7.81. The molecule has 20 heavy (non-hydrogen) atoms. The molecule has 1 atom stereocenters. The Kier molecular flexibility index (Phi) is 6.71. The van der Waals surface area contributed by atoms with Crippen LogP contribution in [0.1, 0.15) is 12.0 Å². The summed E-state index contributed by atoms with van der Waals surface area (Å²) < 4.78 is 53.4. The number of hydrogen-bond donors (Lipinski definition) is 1. The molecule has 7 heteroatoms. The summed E-state index contributed by atoms with van der Waals surface area (Å²) in [5.41, 5.74) is 0.613. The van der Waals surface area contributed by atoms with Crippen molar-refractivity contribution in [2.24, 2.45) is 0 Å². The van der Waals surface area contributed by atoms with Crippen LogP contribution in [0.15, 0.2) is 18.2 Å². The third-order valence-corrected chi connectivity index (χ3v) is 3.13. The Morgan fingerprint density at radius 3 is 2.65 bits per heavy atom. The van der Waals surface area contributed by atoms with Gasteiger partial charge in [-0.1, -0.05) is 11.6 Å². The molecule has 1 unspecified atom stereocenters. The summed E-state index contributed by atoms with van der Waals surface area (Å²) in [6.07, 6.45) is -3.52. The molecule has 1 aromatic carbocycles. The molecule has 0 aromatic heterocycles. The number of nitrogens with one attached hydrogen (secondary N) is 1. The van der Waals surface area contributed by atoms with Gasteiger partial charge in [0.1, 0.15) is 12.4 Å². The molecule has 0 saturated carbocycles. The van der Waals surface area contributed by atoms with Gasteiger partial charge in [0.2, 0.25) is 0 Å². The van der Waals surface area contributed by atoms with E-state index in [1.807, 2.05) is 0 Å². The van der Waals surface area contributed by atoms with E-state index in [1.54, 1.807) is 7.05 Å². The Bertz CT molecular complexity index is 425. The molecule has 1 N–H and O–H groups in total. The third kappa shape index (κ3) is 6.54. The number of ether oxygens (including phenoxy) is 1. The van der Waals surface area contributed by atoms with Crippen LogP contribution < -0.4 is 5.32 Å². The fraction of sp³-hybridized carbons (Fsp3) is 0.538. The van der Waals surface area contributed by atoms with Crippen molar-refractivity contribution < 1.29 is 22.3 Å². The summed E-state index contributed by atoms with van der Waals surface area (Å²) in [5, 5.41) is 3.39. The predicted molar refractivity (Wildman–Crippen MR) is 69.5 cm³/mol. The lowest BCUT2D eigenvalue weighted by Crippen LogP contribution is -2.30. The number of rotatable bonds is 7. The molecule has 0 heterocycles. The predicted octanol–water partition coefficient (Wildman–Crippen LogP) is 3.58. The molecule has 0 aliphatic rings. The maximum absolute atomic E-state index is 13.1. The van der Waals surface area contributed by atoms with Gasteiger partial charge < -0.3 is 10.1 Å². The van der Waals surface area contributed by atoms with Crippen molar-refractivity contribution in [3.05, 3.63) is 34.6 Å². The standard InChI is InChI=1S/C13H16ClF4NO/c1-19-11(4-5-20-8-13(16,17)18)7-9-6-10(15)2-3-12(9)14/h2-3,6,11,19H,4-5,7-8H2,1H3. The van der Waals surface area contributed by atoms with E-state index in [2.05, 4.69) is 10.1 Å². The van der Waals surface area contributed by atoms with E-state index in [1.165, 1.54) is 18.2 Å². The maximum Gasteiger partial charge on any atom is 0.411 e. The molecule has 0 bridgehead atoms. The van der Waals surface area contributed by atoms with E-state index in [0.717, 1.165) is 0 Å². The highest BCUT2D eigenvalue weighted by Crippen LogP contribution is 2.20. The van der Waals surface area contributed by atoms with Gasteiger partial charge >= 0.3 is 6.18 Å². The Balaban J connectivity index is 2.45. The maximum atomic E-state index is 13.1. The van der Waals surface area contributed by atoms with Gasteiger partial charge in [0.05, 0.1) is 0 Å². The van der Waals surface area contributed by atoms with Crippen molar-refractivity contribution in [2.45, 2.75) is 25.1 Å². The number of benzene rings is 1. The Morgan fingerprint density at radius 1 is 1.35 bits per heavy atom. The Morgan fingerprint density at radius 2 is 2.05 bits per heavy atom. The second-order valence-electron chi connectivity index (χ2n) is 4.38. The van der Waals surface area contributed by atoms with E-state index < -0.39 is 18.6 Å². The topological polar surface area (TPSA) is 21.3 Å². The second-order valence-corrected chi connectivity index (χ2v) is 4.79. The van der Waals surface area contributed by atoms with Crippen molar-refractivity contribution in [3.8, 4) is 0 Å². The zero-order valence-corrected chi connectivity index (χ0v) is 11.7. The highest BCUT2D eigenvalue weighted by Gasteiger charge is 2.27. The smallest absolute Gasteiger partial charge is 0.372 e. The fourth-order valence-corrected chi connectivity index (χ4v) is 1.92. The molecule has 1 rings (SSSR count). The van der Waals surface area contributed by atoms with Crippen molar-refractivity contribution >= 4 is 11.6 Å². The van der Waals surface area contributed by atoms with Gasteiger partial charge in [-0.2, -0.15) is 13.2 Å². The lowest BCUT2D eigenvalue weighted by molar-refractivity contribution is -0.174. The molecular formula is C13H16ClF4NO. The van der Waals surface area contributed by atoms with Crippen LogP contribution in [-0.2, 0) is 11.2 Å². The molecule has 2 nitrogen and oxygen atoms in total. The zero-order valence-electron chi connectivity index (χ0n) is 10.9. The van der Waals surface area contributed by atoms with Crippen molar-refractivity contribution in [3.63, 3.8) is 0 Å². The summed E-state index contributed by atoms with van der Waals surface area (Å²) >= 11 is 5.94. The minimum atomic E-state index is -4.32. The van der Waals surface area contributed by atoms with E-state index >= 15 is 0 Å². The molecule has 0 aliphatic carbocycles. The molecule has 0 spiro atoms. The zero-order chi connectivity index (χ0) is 15.2. The first-order chi connectivity index (χ1) is 9.31. The summed E-state index contributed by atoms with van der Waals surface area (Å²) in [5.74, 6) is -0.396. The van der Waals surface area contributed by atoms with Gasteiger partial charge in [-0.15, -0.1) is 0 Å². The lowest BCUT2D eigenvalue weighted by atomic mass is 10.0. The molecule has 0 fully saturated rings. The van der Waals surface area contributed by atoms with E-state index in [9.17, 15) is 17.6 Å². The van der Waals surface area contributed by atoms with Crippen LogP contribution in [0, 0.1) is 5.82 Å². The minimum absolute atomic E-state index is 0.0298. The van der Waals surface area contributed by atoms with Crippen LogP contribution in [0.4, 0.5) is 17.6 Å². The van der Waals surface area contributed by atoms with Crippen LogP contribution in [0.25, 0.3) is 0 Å². The molecule has 0 radical (unpaired) electrons. The van der Waals surface area contributed by atoms with Crippen molar-refractivity contribution in [2.75, 3.05) is 20.3 Å². The highest BCUT2D eigenvalue weighted by molar-refractivity contribution is 6.31. The molecular weight excluding hydrogens is 298 g/mol. The quantitative estimate of drug-likeness (QED) is 0.614. The van der Waals surface area contributed by atoms with E-state index in [4.69, 9.17) is 11.6 Å². The van der Waals surface area contributed by atoms with Crippen LogP contribution >= 0.6 is 11.6 Å². The average molecular weight is 314 g/mol. The summed E-state index contributed by atoms with van der Waals surface area (Å²) in [6.45, 7) is -1.29. The number of alkyl halides is 3. The first-order valence-corrected chi connectivity index (χ1v) is 6.45. The average Bonchev–Trinajstić information content (AvgIpc) is 2.36. The lowest BCUT2D eigenvalue weighted by Gasteiger charge is -2.17. The number of hydrogen-bond acceptors (Lipinski definition) is 2. The van der Waals surface area contributed by atoms with Crippen molar-refractivity contribution in [1.82, 2.24) is 5.32 Å². The number of halogens is 5. The first kappa shape index (κ1) is 17.2. The summed E-state index contributed by atoms with van der Waals surface area (Å²) in [4.78, 5) is 0. The highest BCUT2D eigenvalue weighted by atomic mass is 35.5. The van der Waals surface area contributed by atoms with Gasteiger partial charge in [-0.05, 0) is 43.7 Å². The van der Waals surface area contributed by atoms with Crippen molar-refractivity contribution in [1.29, 1.82) is 0 Å². The van der Waals surface area contributed by atoms with Crippen LogP contribution in [0.3, 0.4) is 0 Å². The summed E-state index contributed by atoms with van der Waals surface area (Å²) in [6, 6.07) is 3.90. The van der Waals surface area contributed by atoms with E-state index in [-0.39, 0.29) is 12.6 Å². The Labute approximate surface area is 120 Å². The Hall–Kier alpha value is -0.850. The summed E-state index contributed by atoms with van der Waals surface area (Å²) in [7, 11) is 1.68. The SMILES string of the molecule is CNC(CCOCC(F)(F)F)Cc1cc(F)ccc1Cl. The van der Waals surface area contributed by atoms with Gasteiger partial charge in [0, 0.05) is 17.7 Å². The molecule has 0 saturated heterocycles. The molecule has 114 valence electrons. The monoisotopic (exact) mass is 313 g/mol. The number of likely N-dealkylation sites (N-methyl/N-ethyl adjacent to an activating group) is 1. The van der Waals surface area contributed by atoms with Crippen LogP contribution in [0.5, 0.6) is 0 Å². The fourth-order valence-electron chi connectivity index (χ4n) is 1.73. The molecule has 0 aliphatic heterocycles. The molecule has 0 amide bonds. The normalized spacial score (nSPS) is 13.5.